The fourth-order valence-electron chi connectivity index (χ4n) is 4.21. The summed E-state index contributed by atoms with van der Waals surface area (Å²) in [5.74, 6) is 0.684. The highest BCUT2D eigenvalue weighted by Gasteiger charge is 2.32. The van der Waals surface area contributed by atoms with Crippen molar-refractivity contribution < 1.29 is 31.1 Å². The lowest BCUT2D eigenvalue weighted by molar-refractivity contribution is 0.0734. The molecular formula is C22H26N2O7S2. The van der Waals surface area contributed by atoms with Gasteiger partial charge >= 0.3 is 0 Å². The number of fused-ring (bicyclic) bond motifs is 1. The lowest BCUT2D eigenvalue weighted by Gasteiger charge is -2.30. The summed E-state index contributed by atoms with van der Waals surface area (Å²) in [5, 5.41) is 0. The SMILES string of the molecule is COc1cc2c(cc1OC)CN(C(=O)c1cccc(S(=O)(=O)NC3CCS(=O)(=O)C3)c1)CC2. The first-order chi connectivity index (χ1) is 15.6. The minimum atomic E-state index is -3.96. The molecule has 1 amide bonds. The molecule has 1 unspecified atom stereocenters. The summed E-state index contributed by atoms with van der Waals surface area (Å²) in [4.78, 5) is 14.8. The molecule has 1 atom stereocenters. The fraction of sp³-hybridized carbons (Fsp3) is 0.409. The number of sulfonamides is 1. The number of carbonyl (C=O) groups excluding carboxylic acids is 1. The third-order valence-corrected chi connectivity index (χ3v) is 9.24. The number of hydrogen-bond donors (Lipinski definition) is 1. The van der Waals surface area contributed by atoms with Crippen LogP contribution in [0.4, 0.5) is 0 Å². The molecule has 178 valence electrons. The molecule has 2 heterocycles. The molecule has 2 aliphatic rings. The van der Waals surface area contributed by atoms with Gasteiger partial charge in [0.1, 0.15) is 0 Å². The van der Waals surface area contributed by atoms with E-state index in [0.29, 0.717) is 31.0 Å². The van der Waals surface area contributed by atoms with Crippen molar-refractivity contribution in [2.75, 3.05) is 32.3 Å². The lowest BCUT2D eigenvalue weighted by Crippen LogP contribution is -2.37. The maximum atomic E-state index is 13.2. The maximum absolute atomic E-state index is 13.2. The molecule has 0 aliphatic carbocycles. The molecule has 0 radical (unpaired) electrons. The van der Waals surface area contributed by atoms with Gasteiger partial charge in [-0.2, -0.15) is 0 Å². The summed E-state index contributed by atoms with van der Waals surface area (Å²) >= 11 is 0. The van der Waals surface area contributed by atoms with E-state index in [1.54, 1.807) is 25.2 Å². The van der Waals surface area contributed by atoms with Crippen LogP contribution in [0.5, 0.6) is 11.5 Å². The monoisotopic (exact) mass is 494 g/mol. The van der Waals surface area contributed by atoms with Crippen LogP contribution in [0.2, 0.25) is 0 Å². The molecule has 4 rings (SSSR count). The lowest BCUT2D eigenvalue weighted by atomic mass is 9.98. The topological polar surface area (TPSA) is 119 Å². The number of benzene rings is 2. The van der Waals surface area contributed by atoms with Crippen molar-refractivity contribution in [1.82, 2.24) is 9.62 Å². The van der Waals surface area contributed by atoms with Gasteiger partial charge in [-0.25, -0.2) is 21.6 Å². The van der Waals surface area contributed by atoms with E-state index >= 15 is 0 Å². The van der Waals surface area contributed by atoms with Crippen LogP contribution in [-0.4, -0.2) is 66.0 Å². The minimum Gasteiger partial charge on any atom is -0.493 e. The Bertz CT molecular complexity index is 1290. The number of nitrogens with one attached hydrogen (secondary N) is 1. The summed E-state index contributed by atoms with van der Waals surface area (Å²) in [7, 11) is -4.06. The van der Waals surface area contributed by atoms with Crippen LogP contribution in [0.15, 0.2) is 41.3 Å². The Morgan fingerprint density at radius 3 is 2.42 bits per heavy atom. The number of hydrogen-bond acceptors (Lipinski definition) is 7. The van der Waals surface area contributed by atoms with Gasteiger partial charge < -0.3 is 14.4 Å². The van der Waals surface area contributed by atoms with Crippen molar-refractivity contribution in [2.45, 2.75) is 30.3 Å². The molecule has 33 heavy (non-hydrogen) atoms. The number of nitrogens with zero attached hydrogens (tertiary/aromatic N) is 1. The van der Waals surface area contributed by atoms with Gasteiger partial charge in [-0.15, -0.1) is 0 Å². The molecule has 1 saturated heterocycles. The van der Waals surface area contributed by atoms with Crippen molar-refractivity contribution >= 4 is 25.8 Å². The van der Waals surface area contributed by atoms with Gasteiger partial charge in [0.05, 0.1) is 30.6 Å². The normalized spacial score (nSPS) is 19.7. The van der Waals surface area contributed by atoms with Crippen LogP contribution in [0.1, 0.15) is 27.9 Å². The van der Waals surface area contributed by atoms with Crippen LogP contribution in [0.25, 0.3) is 0 Å². The van der Waals surface area contributed by atoms with E-state index in [2.05, 4.69) is 4.72 Å². The van der Waals surface area contributed by atoms with E-state index in [9.17, 15) is 21.6 Å². The van der Waals surface area contributed by atoms with Gasteiger partial charge in [0.2, 0.25) is 10.0 Å². The number of methoxy groups -OCH3 is 2. The molecule has 2 aromatic rings. The van der Waals surface area contributed by atoms with Gasteiger partial charge in [-0.1, -0.05) is 6.07 Å². The first-order valence-electron chi connectivity index (χ1n) is 10.5. The summed E-state index contributed by atoms with van der Waals surface area (Å²) in [6.45, 7) is 0.847. The third-order valence-electron chi connectivity index (χ3n) is 5.95. The minimum absolute atomic E-state index is 0.0359. The molecule has 2 aromatic carbocycles. The molecule has 9 nitrogen and oxygen atoms in total. The van der Waals surface area contributed by atoms with Crippen molar-refractivity contribution in [3.8, 4) is 11.5 Å². The molecule has 1 N–H and O–H groups in total. The van der Waals surface area contributed by atoms with Gasteiger partial charge in [-0.05, 0) is 54.3 Å². The Morgan fingerprint density at radius 2 is 1.79 bits per heavy atom. The van der Waals surface area contributed by atoms with Gasteiger partial charge in [0.25, 0.3) is 5.91 Å². The maximum Gasteiger partial charge on any atom is 0.254 e. The standard InChI is InChI=1S/C22H26N2O7S2/c1-30-20-11-15-6-8-24(13-17(15)12-21(20)31-2)22(25)16-4-3-5-19(10-16)33(28,29)23-18-7-9-32(26,27)14-18/h3-5,10-12,18,23H,6-9,13-14H2,1-2H3. The van der Waals surface area contributed by atoms with Crippen LogP contribution >= 0.6 is 0 Å². The zero-order valence-corrected chi connectivity index (χ0v) is 20.0. The molecule has 1 fully saturated rings. The number of rotatable bonds is 6. The largest absolute Gasteiger partial charge is 0.493 e. The summed E-state index contributed by atoms with van der Waals surface area (Å²) in [6.07, 6.45) is 0.874. The zero-order chi connectivity index (χ0) is 23.8. The van der Waals surface area contributed by atoms with Crippen molar-refractivity contribution in [3.63, 3.8) is 0 Å². The number of sulfone groups is 1. The smallest absolute Gasteiger partial charge is 0.254 e. The molecule has 0 aromatic heterocycles. The molecule has 0 bridgehead atoms. The quantitative estimate of drug-likeness (QED) is 0.644. The van der Waals surface area contributed by atoms with Crippen LogP contribution in [0, 0.1) is 0 Å². The first kappa shape index (κ1) is 23.5. The highest BCUT2D eigenvalue weighted by molar-refractivity contribution is 7.92. The van der Waals surface area contributed by atoms with Gasteiger partial charge in [0, 0.05) is 24.7 Å². The first-order valence-corrected chi connectivity index (χ1v) is 13.8. The number of amides is 1. The number of carbonyl (C=O) groups is 1. The summed E-state index contributed by atoms with van der Waals surface area (Å²) in [6, 6.07) is 8.92. The second kappa shape index (κ2) is 8.96. The Hall–Kier alpha value is -2.63. The van der Waals surface area contributed by atoms with E-state index in [1.165, 1.54) is 18.2 Å². The molecule has 0 saturated carbocycles. The molecular weight excluding hydrogens is 468 g/mol. The van der Waals surface area contributed by atoms with Gasteiger partial charge in [0.15, 0.2) is 21.3 Å². The predicted molar refractivity (Wildman–Crippen MR) is 122 cm³/mol. The van der Waals surface area contributed by atoms with Crippen molar-refractivity contribution in [3.05, 3.63) is 53.1 Å². The van der Waals surface area contributed by atoms with E-state index < -0.39 is 25.9 Å². The van der Waals surface area contributed by atoms with Crippen molar-refractivity contribution in [2.24, 2.45) is 0 Å². The van der Waals surface area contributed by atoms with Gasteiger partial charge in [-0.3, -0.25) is 4.79 Å². The van der Waals surface area contributed by atoms with Crippen LogP contribution < -0.4 is 14.2 Å². The zero-order valence-electron chi connectivity index (χ0n) is 18.4. The second-order valence-electron chi connectivity index (χ2n) is 8.20. The molecule has 0 spiro atoms. The summed E-state index contributed by atoms with van der Waals surface area (Å²) < 4.78 is 62.0. The van der Waals surface area contributed by atoms with Crippen molar-refractivity contribution in [1.29, 1.82) is 0 Å². The van der Waals surface area contributed by atoms with Crippen LogP contribution in [0.3, 0.4) is 0 Å². The Balaban J connectivity index is 1.52. The predicted octanol–water partition coefficient (Wildman–Crippen LogP) is 1.37. The third kappa shape index (κ3) is 4.99. The number of ether oxygens (including phenoxy) is 2. The average Bonchev–Trinajstić information content (AvgIpc) is 3.14. The molecule has 11 heteroatoms. The average molecular weight is 495 g/mol. The molecule has 2 aliphatic heterocycles. The van der Waals surface area contributed by atoms with Crippen LogP contribution in [-0.2, 0) is 32.8 Å². The van der Waals surface area contributed by atoms with E-state index in [4.69, 9.17) is 9.47 Å². The van der Waals surface area contributed by atoms with E-state index in [0.717, 1.165) is 11.1 Å². The fourth-order valence-corrected chi connectivity index (χ4v) is 7.31. The Labute approximate surface area is 193 Å². The highest BCUT2D eigenvalue weighted by Crippen LogP contribution is 2.33. The Kier molecular flexibility index (Phi) is 6.39. The highest BCUT2D eigenvalue weighted by atomic mass is 32.2. The summed E-state index contributed by atoms with van der Waals surface area (Å²) in [5.41, 5.74) is 2.27. The second-order valence-corrected chi connectivity index (χ2v) is 12.1. The Morgan fingerprint density at radius 1 is 1.09 bits per heavy atom. The van der Waals surface area contributed by atoms with E-state index in [1.807, 2.05) is 12.1 Å². The van der Waals surface area contributed by atoms with E-state index in [-0.39, 0.29) is 34.3 Å².